The molecule has 2 atom stereocenters. The number of hydrogen-bond donors (Lipinski definition) is 0. The van der Waals surface area contributed by atoms with Crippen LogP contribution in [0.1, 0.15) is 39.0 Å². The molecule has 27 heavy (non-hydrogen) atoms. The van der Waals surface area contributed by atoms with Crippen LogP contribution in [0.15, 0.2) is 30.3 Å². The molecule has 0 N–H and O–H groups in total. The molecule has 1 amide bonds. The number of methoxy groups -OCH3 is 1. The van der Waals surface area contributed by atoms with Crippen molar-refractivity contribution in [2.24, 2.45) is 5.41 Å². The lowest BCUT2D eigenvalue weighted by atomic mass is 9.89. The molecule has 1 heterocycles. The van der Waals surface area contributed by atoms with Crippen molar-refractivity contribution in [3.05, 3.63) is 35.9 Å². The molecule has 2 unspecified atom stereocenters. The van der Waals surface area contributed by atoms with Gasteiger partial charge in [-0.3, -0.25) is 19.3 Å². The van der Waals surface area contributed by atoms with Gasteiger partial charge in [-0.25, -0.2) is 0 Å². The van der Waals surface area contributed by atoms with Gasteiger partial charge in [-0.2, -0.15) is 0 Å². The molecule has 7 nitrogen and oxygen atoms in total. The molecule has 1 aromatic carbocycles. The number of esters is 1. The maximum atomic E-state index is 12.9. The molecule has 0 aliphatic carbocycles. The fraction of sp³-hybridized carbons (Fsp3) is 0.550. The lowest BCUT2D eigenvalue weighted by molar-refractivity contribution is -0.162. The van der Waals surface area contributed by atoms with Gasteiger partial charge in [0, 0.05) is 25.2 Å². The highest BCUT2D eigenvalue weighted by Crippen LogP contribution is 2.28. The standard InChI is InChI=1S/C20H28N2O5/c1-15-17(24)21(11-10-20(2,3)19(25)26-4)12-13-22(15)18(27-14-23)16-8-6-5-7-9-16/h5-9,14-15,18H,10-13H2,1-4H3. The van der Waals surface area contributed by atoms with Gasteiger partial charge >= 0.3 is 5.97 Å². The summed E-state index contributed by atoms with van der Waals surface area (Å²) in [6.45, 7) is 7.40. The van der Waals surface area contributed by atoms with Gasteiger partial charge in [0.2, 0.25) is 5.91 Å². The minimum atomic E-state index is -0.650. The molecule has 0 saturated carbocycles. The van der Waals surface area contributed by atoms with Crippen molar-refractivity contribution in [1.82, 2.24) is 9.80 Å². The summed E-state index contributed by atoms with van der Waals surface area (Å²) in [5.41, 5.74) is 0.173. The van der Waals surface area contributed by atoms with Crippen molar-refractivity contribution in [3.63, 3.8) is 0 Å². The fourth-order valence-electron chi connectivity index (χ4n) is 3.30. The predicted octanol–water partition coefficient (Wildman–Crippen LogP) is 1.98. The third kappa shape index (κ3) is 4.86. The summed E-state index contributed by atoms with van der Waals surface area (Å²) in [7, 11) is 1.37. The van der Waals surface area contributed by atoms with Crippen LogP contribution in [0.2, 0.25) is 0 Å². The van der Waals surface area contributed by atoms with E-state index < -0.39 is 17.7 Å². The Kier molecular flexibility index (Phi) is 6.96. The van der Waals surface area contributed by atoms with E-state index in [1.54, 1.807) is 4.90 Å². The molecule has 0 bridgehead atoms. The van der Waals surface area contributed by atoms with Crippen molar-refractivity contribution >= 4 is 18.3 Å². The number of ether oxygens (including phenoxy) is 2. The van der Waals surface area contributed by atoms with Crippen LogP contribution in [-0.4, -0.2) is 60.9 Å². The Morgan fingerprint density at radius 3 is 2.56 bits per heavy atom. The molecular weight excluding hydrogens is 348 g/mol. The Morgan fingerprint density at radius 1 is 1.30 bits per heavy atom. The highest BCUT2D eigenvalue weighted by atomic mass is 16.5. The second kappa shape index (κ2) is 8.99. The molecule has 148 valence electrons. The third-order valence-corrected chi connectivity index (χ3v) is 5.11. The van der Waals surface area contributed by atoms with Gasteiger partial charge in [0.25, 0.3) is 6.47 Å². The first kappa shape index (κ1) is 20.9. The largest absolute Gasteiger partial charge is 0.469 e. The van der Waals surface area contributed by atoms with Crippen LogP contribution in [0.4, 0.5) is 0 Å². The Morgan fingerprint density at radius 2 is 1.96 bits per heavy atom. The molecule has 1 fully saturated rings. The van der Waals surface area contributed by atoms with Crippen LogP contribution in [-0.2, 0) is 23.9 Å². The third-order valence-electron chi connectivity index (χ3n) is 5.11. The molecule has 1 saturated heterocycles. The van der Waals surface area contributed by atoms with Crippen molar-refractivity contribution in [2.45, 2.75) is 39.5 Å². The number of carbonyl (C=O) groups excluding carboxylic acids is 3. The first-order chi connectivity index (χ1) is 12.8. The van der Waals surface area contributed by atoms with Gasteiger partial charge < -0.3 is 14.4 Å². The van der Waals surface area contributed by atoms with Crippen LogP contribution in [0.25, 0.3) is 0 Å². The number of carbonyl (C=O) groups is 3. The monoisotopic (exact) mass is 376 g/mol. The van der Waals surface area contributed by atoms with Gasteiger partial charge in [-0.05, 0) is 27.2 Å². The van der Waals surface area contributed by atoms with E-state index in [9.17, 15) is 14.4 Å². The number of benzene rings is 1. The maximum Gasteiger partial charge on any atom is 0.311 e. The summed E-state index contributed by atoms with van der Waals surface area (Å²) in [6, 6.07) is 8.93. The SMILES string of the molecule is COC(=O)C(C)(C)CCN1CCN(C(OC=O)c2ccccc2)C(C)C1=O. The molecule has 1 aliphatic heterocycles. The van der Waals surface area contributed by atoms with E-state index in [0.29, 0.717) is 32.5 Å². The minimum absolute atomic E-state index is 0.0441. The summed E-state index contributed by atoms with van der Waals surface area (Å²) in [5.74, 6) is -0.331. The lowest BCUT2D eigenvalue weighted by Crippen LogP contribution is -2.57. The van der Waals surface area contributed by atoms with Crippen molar-refractivity contribution in [2.75, 3.05) is 26.7 Å². The maximum absolute atomic E-state index is 12.9. The van der Waals surface area contributed by atoms with Crippen molar-refractivity contribution < 1.29 is 23.9 Å². The molecule has 2 rings (SSSR count). The van der Waals surface area contributed by atoms with Crippen LogP contribution in [0, 0.1) is 5.41 Å². The van der Waals surface area contributed by atoms with Crippen LogP contribution in [0.3, 0.4) is 0 Å². The Balaban J connectivity index is 2.06. The smallest absolute Gasteiger partial charge is 0.311 e. The molecule has 7 heteroatoms. The Labute approximate surface area is 160 Å². The fourth-order valence-corrected chi connectivity index (χ4v) is 3.30. The van der Waals surface area contributed by atoms with Gasteiger partial charge in [-0.15, -0.1) is 0 Å². The normalized spacial score (nSPS) is 19.5. The summed E-state index contributed by atoms with van der Waals surface area (Å²) in [6.07, 6.45) is -0.0817. The van der Waals surface area contributed by atoms with Crippen LogP contribution in [0.5, 0.6) is 0 Å². The van der Waals surface area contributed by atoms with E-state index in [1.807, 2.05) is 56.0 Å². The summed E-state index contributed by atoms with van der Waals surface area (Å²) >= 11 is 0. The molecule has 1 aromatic rings. The van der Waals surface area contributed by atoms with E-state index >= 15 is 0 Å². The first-order valence-corrected chi connectivity index (χ1v) is 9.09. The molecule has 0 spiro atoms. The van der Waals surface area contributed by atoms with Gasteiger partial charge in [-0.1, -0.05) is 30.3 Å². The molecular formula is C20H28N2O5. The highest BCUT2D eigenvalue weighted by molar-refractivity contribution is 5.82. The quantitative estimate of drug-likeness (QED) is 0.510. The van der Waals surface area contributed by atoms with E-state index in [0.717, 1.165) is 5.56 Å². The second-order valence-electron chi connectivity index (χ2n) is 7.36. The van der Waals surface area contributed by atoms with Crippen molar-refractivity contribution in [3.8, 4) is 0 Å². The molecule has 0 radical (unpaired) electrons. The Hall–Kier alpha value is -2.41. The predicted molar refractivity (Wildman–Crippen MR) is 99.5 cm³/mol. The number of hydrogen-bond acceptors (Lipinski definition) is 6. The summed E-state index contributed by atoms with van der Waals surface area (Å²) in [5, 5.41) is 0. The van der Waals surface area contributed by atoms with Crippen molar-refractivity contribution in [1.29, 1.82) is 0 Å². The van der Waals surface area contributed by atoms with Crippen LogP contribution >= 0.6 is 0 Å². The average Bonchev–Trinajstić information content (AvgIpc) is 2.67. The first-order valence-electron chi connectivity index (χ1n) is 9.09. The lowest BCUT2D eigenvalue weighted by Gasteiger charge is -2.42. The zero-order chi connectivity index (χ0) is 20.0. The van der Waals surface area contributed by atoms with Gasteiger partial charge in [0.1, 0.15) is 0 Å². The van der Waals surface area contributed by atoms with E-state index in [4.69, 9.17) is 9.47 Å². The average molecular weight is 376 g/mol. The second-order valence-corrected chi connectivity index (χ2v) is 7.36. The van der Waals surface area contributed by atoms with E-state index in [1.165, 1.54) is 7.11 Å². The Bertz CT molecular complexity index is 662. The van der Waals surface area contributed by atoms with Gasteiger partial charge in [0.15, 0.2) is 6.23 Å². The molecule has 1 aliphatic rings. The number of nitrogens with zero attached hydrogens (tertiary/aromatic N) is 2. The zero-order valence-corrected chi connectivity index (χ0v) is 16.4. The van der Waals surface area contributed by atoms with Crippen LogP contribution < -0.4 is 0 Å². The van der Waals surface area contributed by atoms with E-state index in [2.05, 4.69) is 0 Å². The summed E-state index contributed by atoms with van der Waals surface area (Å²) < 4.78 is 10.1. The summed E-state index contributed by atoms with van der Waals surface area (Å²) in [4.78, 5) is 39.3. The number of piperazine rings is 1. The zero-order valence-electron chi connectivity index (χ0n) is 16.4. The minimum Gasteiger partial charge on any atom is -0.469 e. The molecule has 0 aromatic heterocycles. The number of rotatable bonds is 8. The highest BCUT2D eigenvalue weighted by Gasteiger charge is 2.38. The topological polar surface area (TPSA) is 76.2 Å². The van der Waals surface area contributed by atoms with E-state index in [-0.39, 0.29) is 11.9 Å². The number of amides is 1. The van der Waals surface area contributed by atoms with Gasteiger partial charge in [0.05, 0.1) is 18.6 Å².